The van der Waals surface area contributed by atoms with Crippen molar-refractivity contribution in [2.75, 3.05) is 6.61 Å². The maximum Gasteiger partial charge on any atom is 0.258 e. The molecular weight excluding hydrogens is 280 g/mol. The van der Waals surface area contributed by atoms with Crippen molar-refractivity contribution in [1.29, 1.82) is 0 Å². The lowest BCUT2D eigenvalue weighted by Gasteiger charge is -2.17. The van der Waals surface area contributed by atoms with Crippen LogP contribution in [0, 0.1) is 11.6 Å². The van der Waals surface area contributed by atoms with Gasteiger partial charge in [-0.05, 0) is 5.56 Å². The van der Waals surface area contributed by atoms with Crippen molar-refractivity contribution in [3.05, 3.63) is 65.2 Å². The van der Waals surface area contributed by atoms with Crippen molar-refractivity contribution in [2.24, 2.45) is 0 Å². The molecule has 0 radical (unpaired) electrons. The molecule has 0 aliphatic rings. The van der Waals surface area contributed by atoms with E-state index in [1.807, 2.05) is 0 Å². The van der Waals surface area contributed by atoms with Crippen LogP contribution in [0.5, 0.6) is 5.75 Å². The van der Waals surface area contributed by atoms with Gasteiger partial charge < -0.3 is 15.5 Å². The predicted molar refractivity (Wildman–Crippen MR) is 71.8 cm³/mol. The first-order chi connectivity index (χ1) is 10.0. The summed E-state index contributed by atoms with van der Waals surface area (Å²) in [6.07, 6.45) is 0. The van der Waals surface area contributed by atoms with Gasteiger partial charge in [-0.3, -0.25) is 4.79 Å². The van der Waals surface area contributed by atoms with Crippen LogP contribution in [-0.4, -0.2) is 22.7 Å². The number of phenols is 1. The van der Waals surface area contributed by atoms with Gasteiger partial charge in [0.25, 0.3) is 5.91 Å². The van der Waals surface area contributed by atoms with Crippen molar-refractivity contribution in [2.45, 2.75) is 6.04 Å². The fourth-order valence-corrected chi connectivity index (χ4v) is 1.93. The fraction of sp³-hybridized carbons (Fsp3) is 0.133. The lowest BCUT2D eigenvalue weighted by Crippen LogP contribution is -2.31. The van der Waals surface area contributed by atoms with Gasteiger partial charge in [0.05, 0.1) is 12.6 Å². The summed E-state index contributed by atoms with van der Waals surface area (Å²) < 4.78 is 26.5. The van der Waals surface area contributed by atoms with Gasteiger partial charge in [0.15, 0.2) is 0 Å². The number of hydrogen-bond acceptors (Lipinski definition) is 3. The lowest BCUT2D eigenvalue weighted by atomic mass is 10.1. The van der Waals surface area contributed by atoms with Crippen LogP contribution in [0.2, 0.25) is 0 Å². The van der Waals surface area contributed by atoms with Crippen LogP contribution in [0.3, 0.4) is 0 Å². The first-order valence-corrected chi connectivity index (χ1v) is 6.17. The normalized spacial score (nSPS) is 12.0. The minimum atomic E-state index is -1.17. The number of nitrogens with one attached hydrogen (secondary N) is 1. The highest BCUT2D eigenvalue weighted by molar-refractivity contribution is 5.97. The molecule has 1 atom stereocenters. The maximum atomic E-state index is 13.6. The number of carbonyl (C=O) groups excluding carboxylic acids is 1. The summed E-state index contributed by atoms with van der Waals surface area (Å²) in [4.78, 5) is 12.0. The Hall–Kier alpha value is -2.47. The van der Waals surface area contributed by atoms with E-state index in [9.17, 15) is 23.8 Å². The number of hydrogen-bond donors (Lipinski definition) is 3. The highest BCUT2D eigenvalue weighted by atomic mass is 19.1. The molecule has 21 heavy (non-hydrogen) atoms. The fourth-order valence-electron chi connectivity index (χ4n) is 1.93. The topological polar surface area (TPSA) is 69.6 Å². The van der Waals surface area contributed by atoms with Crippen LogP contribution in [0.4, 0.5) is 8.78 Å². The summed E-state index contributed by atoms with van der Waals surface area (Å²) in [6, 6.07) is 8.97. The Morgan fingerprint density at radius 2 is 1.86 bits per heavy atom. The van der Waals surface area contributed by atoms with E-state index >= 15 is 0 Å². The molecule has 3 N–H and O–H groups in total. The third kappa shape index (κ3) is 3.35. The van der Waals surface area contributed by atoms with Crippen molar-refractivity contribution >= 4 is 5.91 Å². The average molecular weight is 293 g/mol. The van der Waals surface area contributed by atoms with Gasteiger partial charge in [0, 0.05) is 12.1 Å². The van der Waals surface area contributed by atoms with E-state index in [4.69, 9.17) is 0 Å². The van der Waals surface area contributed by atoms with Gasteiger partial charge >= 0.3 is 0 Å². The second-order valence-corrected chi connectivity index (χ2v) is 4.40. The molecule has 2 aromatic carbocycles. The van der Waals surface area contributed by atoms with Crippen molar-refractivity contribution in [1.82, 2.24) is 5.32 Å². The minimum absolute atomic E-state index is 0.403. The number of amides is 1. The molecule has 0 aliphatic carbocycles. The largest absolute Gasteiger partial charge is 0.507 e. The van der Waals surface area contributed by atoms with E-state index in [0.717, 1.165) is 0 Å². The zero-order valence-electron chi connectivity index (χ0n) is 10.9. The summed E-state index contributed by atoms with van der Waals surface area (Å²) in [5, 5.41) is 21.2. The molecule has 2 aromatic rings. The molecule has 0 heterocycles. The van der Waals surface area contributed by atoms with Gasteiger partial charge in [-0.1, -0.05) is 30.3 Å². The SMILES string of the molecule is O=C(NC(CO)c1ccccc1)c1c(O)cc(F)cc1F. The Balaban J connectivity index is 2.25. The number of halogens is 2. The van der Waals surface area contributed by atoms with Crippen LogP contribution in [0.15, 0.2) is 42.5 Å². The van der Waals surface area contributed by atoms with Gasteiger partial charge in [-0.25, -0.2) is 8.78 Å². The van der Waals surface area contributed by atoms with E-state index in [-0.39, 0.29) is 0 Å². The average Bonchev–Trinajstić information content (AvgIpc) is 2.44. The number of phenolic OH excluding ortho intramolecular Hbond substituents is 1. The van der Waals surface area contributed by atoms with E-state index in [1.54, 1.807) is 30.3 Å². The Morgan fingerprint density at radius 3 is 2.43 bits per heavy atom. The molecule has 0 saturated carbocycles. The Bertz CT molecular complexity index is 624. The van der Waals surface area contributed by atoms with Crippen LogP contribution in [0.25, 0.3) is 0 Å². The zero-order chi connectivity index (χ0) is 15.4. The molecule has 6 heteroatoms. The summed E-state index contributed by atoms with van der Waals surface area (Å²) >= 11 is 0. The smallest absolute Gasteiger partial charge is 0.258 e. The van der Waals surface area contributed by atoms with E-state index in [0.29, 0.717) is 17.7 Å². The van der Waals surface area contributed by atoms with E-state index in [2.05, 4.69) is 5.32 Å². The molecule has 1 amide bonds. The Labute approximate surface area is 119 Å². The van der Waals surface area contributed by atoms with Gasteiger partial charge in [0.2, 0.25) is 0 Å². The molecule has 0 bridgehead atoms. The van der Waals surface area contributed by atoms with Gasteiger partial charge in [-0.2, -0.15) is 0 Å². The molecule has 0 saturated heterocycles. The lowest BCUT2D eigenvalue weighted by molar-refractivity contribution is 0.0909. The molecule has 110 valence electrons. The minimum Gasteiger partial charge on any atom is -0.507 e. The first kappa shape index (κ1) is 14.9. The second kappa shape index (κ2) is 6.32. The van der Waals surface area contributed by atoms with Crippen molar-refractivity contribution in [3.63, 3.8) is 0 Å². The number of aliphatic hydroxyl groups is 1. The molecular formula is C15H13F2NO3. The maximum absolute atomic E-state index is 13.6. The van der Waals surface area contributed by atoms with Crippen molar-refractivity contribution < 1.29 is 23.8 Å². The molecule has 4 nitrogen and oxygen atoms in total. The monoisotopic (exact) mass is 293 g/mol. The zero-order valence-corrected chi connectivity index (χ0v) is 10.9. The third-order valence-electron chi connectivity index (χ3n) is 2.95. The number of aliphatic hydroxyl groups excluding tert-OH is 1. The Morgan fingerprint density at radius 1 is 1.19 bits per heavy atom. The van der Waals surface area contributed by atoms with Crippen LogP contribution >= 0.6 is 0 Å². The molecule has 0 fully saturated rings. The summed E-state index contributed by atoms with van der Waals surface area (Å²) in [6.45, 7) is -0.403. The summed E-state index contributed by atoms with van der Waals surface area (Å²) in [5.41, 5.74) is -0.0406. The second-order valence-electron chi connectivity index (χ2n) is 4.40. The number of aromatic hydroxyl groups is 1. The van der Waals surface area contributed by atoms with Gasteiger partial charge in [0.1, 0.15) is 22.9 Å². The van der Waals surface area contributed by atoms with Crippen LogP contribution < -0.4 is 5.32 Å². The van der Waals surface area contributed by atoms with Crippen LogP contribution in [0.1, 0.15) is 22.0 Å². The van der Waals surface area contributed by atoms with E-state index in [1.165, 1.54) is 0 Å². The van der Waals surface area contributed by atoms with E-state index < -0.39 is 41.5 Å². The number of rotatable bonds is 4. The van der Waals surface area contributed by atoms with Crippen molar-refractivity contribution in [3.8, 4) is 5.75 Å². The Kier molecular flexibility index (Phi) is 4.49. The number of benzene rings is 2. The summed E-state index contributed by atoms with van der Waals surface area (Å²) in [7, 11) is 0. The predicted octanol–water partition coefficient (Wildman–Crippen LogP) is 2.13. The first-order valence-electron chi connectivity index (χ1n) is 6.17. The third-order valence-corrected chi connectivity index (χ3v) is 2.95. The standard InChI is InChI=1S/C15H13F2NO3/c16-10-6-11(17)14(13(20)7-10)15(21)18-12(8-19)9-4-2-1-3-5-9/h1-7,12,19-20H,8H2,(H,18,21). The molecule has 0 aliphatic heterocycles. The van der Waals surface area contributed by atoms with Crippen LogP contribution in [-0.2, 0) is 0 Å². The quantitative estimate of drug-likeness (QED) is 0.809. The number of carbonyl (C=O) groups is 1. The highest BCUT2D eigenvalue weighted by Gasteiger charge is 2.21. The summed E-state index contributed by atoms with van der Waals surface area (Å²) in [5.74, 6) is -3.89. The molecule has 1 unspecified atom stereocenters. The highest BCUT2D eigenvalue weighted by Crippen LogP contribution is 2.23. The van der Waals surface area contributed by atoms with Gasteiger partial charge in [-0.15, -0.1) is 0 Å². The molecule has 2 rings (SSSR count). The molecule has 0 aromatic heterocycles. The molecule has 0 spiro atoms.